The van der Waals surface area contributed by atoms with Gasteiger partial charge in [0.1, 0.15) is 0 Å². The zero-order valence-corrected chi connectivity index (χ0v) is 8.01. The quantitative estimate of drug-likeness (QED) is 0.683. The van der Waals surface area contributed by atoms with Crippen LogP contribution in [0.2, 0.25) is 0 Å². The van der Waals surface area contributed by atoms with Crippen LogP contribution in [-0.2, 0) is 10.0 Å². The van der Waals surface area contributed by atoms with Gasteiger partial charge in [-0.3, -0.25) is 0 Å². The van der Waals surface area contributed by atoms with Crippen LogP contribution in [0, 0.1) is 6.92 Å². The minimum atomic E-state index is -3.47. The summed E-state index contributed by atoms with van der Waals surface area (Å²) in [5.74, 6) is 0. The summed E-state index contributed by atoms with van der Waals surface area (Å²) < 4.78 is 25.0. The normalized spacial score (nSPS) is 10.5. The molecule has 6 heteroatoms. The Balaban J connectivity index is 3.22. The van der Waals surface area contributed by atoms with Gasteiger partial charge in [-0.1, -0.05) is 0 Å². The van der Waals surface area contributed by atoms with E-state index in [1.165, 1.54) is 6.07 Å². The fourth-order valence-electron chi connectivity index (χ4n) is 1.01. The number of aryl methyl sites for hydroxylation is 1. The van der Waals surface area contributed by atoms with Gasteiger partial charge in [0.2, 0.25) is 0 Å². The fourth-order valence-corrected chi connectivity index (χ4v) is 2.07. The van der Waals surface area contributed by atoms with E-state index in [1.807, 2.05) is 0 Å². The minimum absolute atomic E-state index is 0.247. The van der Waals surface area contributed by atoms with E-state index in [2.05, 4.69) is 4.63 Å². The summed E-state index contributed by atoms with van der Waals surface area (Å²) in [5, 5.41) is 0. The third kappa shape index (κ3) is 2.28. The predicted molar refractivity (Wildman–Crippen MR) is 53.0 cm³/mol. The average Bonchev–Trinajstić information content (AvgIpc) is 2.04. The molecule has 0 aliphatic carbocycles. The monoisotopic (exact) mass is 192 g/mol. The SMILES string of the molecule is [B]=BNS(=O)(=O)c1ccccc1C. The van der Waals surface area contributed by atoms with Crippen molar-refractivity contribution in [1.82, 2.24) is 4.63 Å². The summed E-state index contributed by atoms with van der Waals surface area (Å²) in [6, 6.07) is 6.70. The van der Waals surface area contributed by atoms with Crippen molar-refractivity contribution < 1.29 is 8.42 Å². The van der Waals surface area contributed by atoms with E-state index in [-0.39, 0.29) is 4.90 Å². The molecule has 0 aliphatic heterocycles. The molecule has 0 saturated heterocycles. The van der Waals surface area contributed by atoms with Crippen molar-refractivity contribution in [2.45, 2.75) is 11.8 Å². The average molecular weight is 192 g/mol. The Bertz CT molecular complexity index is 416. The van der Waals surface area contributed by atoms with Crippen LogP contribution in [0.4, 0.5) is 0 Å². The van der Waals surface area contributed by atoms with Crippen LogP contribution < -0.4 is 4.63 Å². The Morgan fingerprint density at radius 1 is 1.38 bits per heavy atom. The number of sulfonamides is 1. The molecule has 3 nitrogen and oxygen atoms in total. The van der Waals surface area contributed by atoms with Crippen LogP contribution >= 0.6 is 0 Å². The Kier molecular flexibility index (Phi) is 3.03. The zero-order chi connectivity index (χ0) is 9.90. The van der Waals surface area contributed by atoms with Crippen molar-refractivity contribution in [1.29, 1.82) is 0 Å². The number of benzene rings is 1. The van der Waals surface area contributed by atoms with E-state index < -0.39 is 10.0 Å². The van der Waals surface area contributed by atoms with Crippen LogP contribution in [0.3, 0.4) is 0 Å². The van der Waals surface area contributed by atoms with Gasteiger partial charge in [0, 0.05) is 0 Å². The van der Waals surface area contributed by atoms with Gasteiger partial charge in [-0.15, -0.1) is 0 Å². The maximum absolute atomic E-state index is 11.4. The third-order valence-electron chi connectivity index (χ3n) is 1.61. The third-order valence-corrected chi connectivity index (χ3v) is 3.09. The molecule has 0 saturated carbocycles. The molecule has 0 atom stereocenters. The van der Waals surface area contributed by atoms with Crippen LogP contribution in [0.15, 0.2) is 29.2 Å². The van der Waals surface area contributed by atoms with Crippen molar-refractivity contribution in [3.8, 4) is 0 Å². The molecule has 1 aromatic carbocycles. The molecule has 0 heterocycles. The van der Waals surface area contributed by atoms with Gasteiger partial charge in [0.25, 0.3) is 0 Å². The van der Waals surface area contributed by atoms with Gasteiger partial charge in [-0.05, 0) is 0 Å². The molecular formula is C7H8B2NO2S. The summed E-state index contributed by atoms with van der Waals surface area (Å²) in [5.41, 5.74) is 0.692. The van der Waals surface area contributed by atoms with Gasteiger partial charge < -0.3 is 0 Å². The molecule has 0 bridgehead atoms. The molecule has 13 heavy (non-hydrogen) atoms. The summed E-state index contributed by atoms with van der Waals surface area (Å²) in [4.78, 5) is 0.247. The second-order valence-corrected chi connectivity index (χ2v) is 4.24. The molecule has 65 valence electrons. The van der Waals surface area contributed by atoms with E-state index in [1.54, 1.807) is 25.1 Å². The van der Waals surface area contributed by atoms with Crippen LogP contribution in [0.25, 0.3) is 0 Å². The molecule has 0 spiro atoms. The van der Waals surface area contributed by atoms with E-state index in [0.29, 0.717) is 5.56 Å². The Morgan fingerprint density at radius 2 is 2.00 bits per heavy atom. The summed E-state index contributed by atoms with van der Waals surface area (Å²) >= 11 is 0. The second-order valence-electron chi connectivity index (χ2n) is 2.55. The van der Waals surface area contributed by atoms with Crippen molar-refractivity contribution in [2.75, 3.05) is 0 Å². The molecule has 1 aromatic rings. The van der Waals surface area contributed by atoms with Crippen LogP contribution in [-0.4, -0.2) is 22.7 Å². The van der Waals surface area contributed by atoms with Crippen LogP contribution in [0.5, 0.6) is 0 Å². The van der Waals surface area contributed by atoms with E-state index in [4.69, 9.17) is 7.37 Å². The first kappa shape index (κ1) is 10.2. The van der Waals surface area contributed by atoms with Gasteiger partial charge in [0.05, 0.1) is 0 Å². The van der Waals surface area contributed by atoms with Crippen molar-refractivity contribution in [3.05, 3.63) is 29.8 Å². The van der Waals surface area contributed by atoms with Gasteiger partial charge >= 0.3 is 79.0 Å². The molecule has 0 aliphatic rings. The Hall–Kier alpha value is -0.900. The topological polar surface area (TPSA) is 46.2 Å². The molecular weight excluding hydrogens is 184 g/mol. The fraction of sp³-hybridized carbons (Fsp3) is 0.143. The first-order valence-electron chi connectivity index (χ1n) is 3.69. The van der Waals surface area contributed by atoms with Crippen molar-refractivity contribution >= 4 is 24.3 Å². The maximum atomic E-state index is 11.4. The molecule has 0 aromatic heterocycles. The van der Waals surface area contributed by atoms with Crippen molar-refractivity contribution in [3.63, 3.8) is 0 Å². The number of hydrogen-bond acceptors (Lipinski definition) is 2. The first-order chi connectivity index (χ1) is 6.08. The summed E-state index contributed by atoms with van der Waals surface area (Å²) in [7, 11) is 1.52. The van der Waals surface area contributed by atoms with E-state index in [9.17, 15) is 8.42 Å². The molecule has 1 rings (SSSR count). The second kappa shape index (κ2) is 3.87. The predicted octanol–water partition coefficient (Wildman–Crippen LogP) is -0.0240. The standard InChI is InChI=1S/C7H8B2NO2S/c1-6-4-2-3-5-7(6)13(11,12)10-9-8/h2-5,10H,1H3. The number of hydrogen-bond donors (Lipinski definition) is 1. The summed E-state index contributed by atoms with van der Waals surface area (Å²) in [6.45, 7) is 2.63. The van der Waals surface area contributed by atoms with Gasteiger partial charge in [-0.2, -0.15) is 0 Å². The van der Waals surface area contributed by atoms with Gasteiger partial charge in [-0.25, -0.2) is 0 Å². The Labute approximate surface area is 79.5 Å². The summed E-state index contributed by atoms with van der Waals surface area (Å²) in [6.07, 6.45) is 0. The number of rotatable bonds is 3. The van der Waals surface area contributed by atoms with E-state index >= 15 is 0 Å². The molecule has 1 radical (unpaired) electrons. The Morgan fingerprint density at radius 3 is 2.54 bits per heavy atom. The molecule has 0 amide bonds. The zero-order valence-electron chi connectivity index (χ0n) is 7.19. The van der Waals surface area contributed by atoms with E-state index in [0.717, 1.165) is 6.94 Å². The molecule has 0 fully saturated rings. The molecule has 0 unspecified atom stereocenters. The first-order valence-corrected chi connectivity index (χ1v) is 5.17. The number of nitrogens with one attached hydrogen (secondary N) is 1. The van der Waals surface area contributed by atoms with Gasteiger partial charge in [0.15, 0.2) is 0 Å². The molecule has 1 N–H and O–H groups in total. The van der Waals surface area contributed by atoms with Crippen molar-refractivity contribution in [2.24, 2.45) is 0 Å². The van der Waals surface area contributed by atoms with Crippen LogP contribution in [0.1, 0.15) is 5.56 Å².